The van der Waals surface area contributed by atoms with E-state index in [-0.39, 0.29) is 24.3 Å². The van der Waals surface area contributed by atoms with Gasteiger partial charge in [-0.1, -0.05) is 18.2 Å². The van der Waals surface area contributed by atoms with Gasteiger partial charge in [0, 0.05) is 25.2 Å². The Morgan fingerprint density at radius 2 is 1.80 bits per heavy atom. The van der Waals surface area contributed by atoms with Gasteiger partial charge in [0.25, 0.3) is 5.91 Å². The first-order valence-electron chi connectivity index (χ1n) is 8.33. The van der Waals surface area contributed by atoms with Gasteiger partial charge in [0.05, 0.1) is 12.8 Å². The number of aryl methyl sites for hydroxylation is 1. The third-order valence-electron chi connectivity index (χ3n) is 4.43. The minimum atomic E-state index is -3.13. The van der Waals surface area contributed by atoms with E-state index in [0.29, 0.717) is 25.2 Å². The highest BCUT2D eigenvalue weighted by Gasteiger charge is 2.25. The highest BCUT2D eigenvalue weighted by atomic mass is 32.2. The molecule has 25 heavy (non-hydrogen) atoms. The largest absolute Gasteiger partial charge is 0.354 e. The number of hydrogen-bond acceptors (Lipinski definition) is 4. The topological polar surface area (TPSA) is 95.6 Å². The lowest BCUT2D eigenvalue weighted by Gasteiger charge is -2.30. The fourth-order valence-electron chi connectivity index (χ4n) is 2.85. The Kier molecular flexibility index (Phi) is 6.55. The monoisotopic (exact) mass is 367 g/mol. The van der Waals surface area contributed by atoms with Gasteiger partial charge in [-0.15, -0.1) is 0 Å². The highest BCUT2D eigenvalue weighted by Crippen LogP contribution is 2.18. The van der Waals surface area contributed by atoms with Crippen molar-refractivity contribution in [2.45, 2.75) is 19.8 Å². The predicted octanol–water partition coefficient (Wildman–Crippen LogP) is 0.513. The van der Waals surface area contributed by atoms with Crippen molar-refractivity contribution in [2.75, 3.05) is 32.4 Å². The van der Waals surface area contributed by atoms with E-state index in [1.807, 2.05) is 19.1 Å². The molecular weight excluding hydrogens is 342 g/mol. The molecule has 1 fully saturated rings. The van der Waals surface area contributed by atoms with Crippen LogP contribution in [0.2, 0.25) is 0 Å². The first-order valence-corrected chi connectivity index (χ1v) is 10.2. The smallest absolute Gasteiger partial charge is 0.251 e. The highest BCUT2D eigenvalue weighted by molar-refractivity contribution is 7.88. The van der Waals surface area contributed by atoms with Crippen LogP contribution in [0.1, 0.15) is 28.8 Å². The number of amides is 2. The Morgan fingerprint density at radius 1 is 1.16 bits per heavy atom. The average molecular weight is 367 g/mol. The lowest BCUT2D eigenvalue weighted by molar-refractivity contribution is -0.120. The van der Waals surface area contributed by atoms with Gasteiger partial charge in [0.15, 0.2) is 0 Å². The van der Waals surface area contributed by atoms with Crippen molar-refractivity contribution < 1.29 is 18.0 Å². The molecule has 0 bridgehead atoms. The van der Waals surface area contributed by atoms with Crippen molar-refractivity contribution in [3.8, 4) is 0 Å². The molecular formula is C17H25N3O4S. The van der Waals surface area contributed by atoms with Gasteiger partial charge in [-0.05, 0) is 37.3 Å². The van der Waals surface area contributed by atoms with Crippen LogP contribution in [0, 0.1) is 12.8 Å². The minimum Gasteiger partial charge on any atom is -0.354 e. The lowest BCUT2D eigenvalue weighted by Crippen LogP contribution is -2.43. The third kappa shape index (κ3) is 5.82. The number of piperidine rings is 1. The summed E-state index contributed by atoms with van der Waals surface area (Å²) >= 11 is 0. The second kappa shape index (κ2) is 8.44. The lowest BCUT2D eigenvalue weighted by atomic mass is 9.98. The Bertz CT molecular complexity index is 725. The molecule has 0 aromatic heterocycles. The van der Waals surface area contributed by atoms with Crippen molar-refractivity contribution in [1.29, 1.82) is 0 Å². The molecule has 1 aromatic rings. The zero-order valence-electron chi connectivity index (χ0n) is 14.6. The van der Waals surface area contributed by atoms with Crippen molar-refractivity contribution in [2.24, 2.45) is 5.92 Å². The fraction of sp³-hybridized carbons (Fsp3) is 0.529. The van der Waals surface area contributed by atoms with Gasteiger partial charge >= 0.3 is 0 Å². The van der Waals surface area contributed by atoms with Crippen molar-refractivity contribution in [3.63, 3.8) is 0 Å². The molecule has 2 N–H and O–H groups in total. The van der Waals surface area contributed by atoms with Crippen molar-refractivity contribution in [3.05, 3.63) is 35.4 Å². The third-order valence-corrected chi connectivity index (χ3v) is 5.73. The summed E-state index contributed by atoms with van der Waals surface area (Å²) in [5, 5.41) is 5.42. The molecule has 0 radical (unpaired) electrons. The number of nitrogens with one attached hydrogen (secondary N) is 2. The number of rotatable bonds is 6. The Labute approximate surface area is 148 Å². The van der Waals surface area contributed by atoms with E-state index in [9.17, 15) is 18.0 Å². The van der Waals surface area contributed by atoms with Gasteiger partial charge in [0.2, 0.25) is 15.9 Å². The summed E-state index contributed by atoms with van der Waals surface area (Å²) in [5.41, 5.74) is 1.42. The second-order valence-electron chi connectivity index (χ2n) is 6.41. The van der Waals surface area contributed by atoms with E-state index in [1.165, 1.54) is 10.6 Å². The van der Waals surface area contributed by atoms with Crippen LogP contribution in [0.15, 0.2) is 24.3 Å². The number of benzene rings is 1. The number of carbonyl (C=O) groups excluding carboxylic acids is 2. The van der Waals surface area contributed by atoms with Crippen LogP contribution in [-0.4, -0.2) is 57.0 Å². The van der Waals surface area contributed by atoms with Crippen molar-refractivity contribution >= 4 is 21.8 Å². The molecule has 1 aliphatic rings. The molecule has 1 saturated heterocycles. The Morgan fingerprint density at radius 3 is 2.40 bits per heavy atom. The summed E-state index contributed by atoms with van der Waals surface area (Å²) in [7, 11) is -3.13. The maximum atomic E-state index is 12.1. The first-order chi connectivity index (χ1) is 11.8. The second-order valence-corrected chi connectivity index (χ2v) is 8.39. The van der Waals surface area contributed by atoms with Gasteiger partial charge in [-0.25, -0.2) is 12.7 Å². The molecule has 0 aliphatic carbocycles. The molecule has 0 spiro atoms. The molecule has 0 unspecified atom stereocenters. The minimum absolute atomic E-state index is 0.0741. The van der Waals surface area contributed by atoms with Crippen LogP contribution in [-0.2, 0) is 14.8 Å². The summed E-state index contributed by atoms with van der Waals surface area (Å²) in [6.07, 6.45) is 2.66. The molecule has 1 aromatic carbocycles. The quantitative estimate of drug-likeness (QED) is 0.766. The molecule has 2 amide bonds. The summed E-state index contributed by atoms with van der Waals surface area (Å²) in [6.45, 7) is 3.25. The summed E-state index contributed by atoms with van der Waals surface area (Å²) in [6, 6.07) is 7.20. The molecule has 138 valence electrons. The van der Waals surface area contributed by atoms with Crippen LogP contribution < -0.4 is 10.6 Å². The van der Waals surface area contributed by atoms with Crippen molar-refractivity contribution in [1.82, 2.24) is 14.9 Å². The molecule has 2 rings (SSSR count). The molecule has 8 heteroatoms. The number of carbonyl (C=O) groups is 2. The van der Waals surface area contributed by atoms with Gasteiger partial charge in [-0.3, -0.25) is 9.59 Å². The van der Waals surface area contributed by atoms with Crippen LogP contribution in [0.4, 0.5) is 0 Å². The molecule has 7 nitrogen and oxygen atoms in total. The van der Waals surface area contributed by atoms with Gasteiger partial charge < -0.3 is 10.6 Å². The van der Waals surface area contributed by atoms with Crippen LogP contribution in [0.3, 0.4) is 0 Å². The zero-order valence-corrected chi connectivity index (χ0v) is 15.4. The van der Waals surface area contributed by atoms with Gasteiger partial charge in [-0.2, -0.15) is 0 Å². The van der Waals surface area contributed by atoms with E-state index >= 15 is 0 Å². The van der Waals surface area contributed by atoms with E-state index < -0.39 is 10.0 Å². The van der Waals surface area contributed by atoms with Crippen LogP contribution >= 0.6 is 0 Å². The Hall–Kier alpha value is -1.93. The predicted molar refractivity (Wildman–Crippen MR) is 95.7 cm³/mol. The van der Waals surface area contributed by atoms with Gasteiger partial charge in [0.1, 0.15) is 0 Å². The first kappa shape index (κ1) is 19.4. The Balaban J connectivity index is 1.70. The molecule has 1 aliphatic heterocycles. The zero-order chi connectivity index (χ0) is 18.4. The molecule has 1 heterocycles. The summed E-state index contributed by atoms with van der Waals surface area (Å²) < 4.78 is 24.4. The molecule has 0 atom stereocenters. The average Bonchev–Trinajstić information content (AvgIpc) is 2.58. The maximum absolute atomic E-state index is 12.1. The standard InChI is InChI=1S/C17H25N3O4S/c1-13-5-3-4-6-15(13)17(22)19-12-16(21)18-11-14-7-9-20(10-8-14)25(2,23)24/h3-6,14H,7-12H2,1-2H3,(H,18,21)(H,19,22). The fourth-order valence-corrected chi connectivity index (χ4v) is 3.72. The number of sulfonamides is 1. The van der Waals surface area contributed by atoms with E-state index in [0.717, 1.165) is 18.4 Å². The van der Waals surface area contributed by atoms with E-state index in [4.69, 9.17) is 0 Å². The van der Waals surface area contributed by atoms with E-state index in [1.54, 1.807) is 12.1 Å². The normalized spacial score (nSPS) is 16.4. The maximum Gasteiger partial charge on any atom is 0.251 e. The SMILES string of the molecule is Cc1ccccc1C(=O)NCC(=O)NCC1CCN(S(C)(=O)=O)CC1. The van der Waals surface area contributed by atoms with Crippen LogP contribution in [0.25, 0.3) is 0 Å². The van der Waals surface area contributed by atoms with Crippen LogP contribution in [0.5, 0.6) is 0 Å². The van der Waals surface area contributed by atoms with E-state index in [2.05, 4.69) is 10.6 Å². The molecule has 0 saturated carbocycles. The summed E-state index contributed by atoms with van der Waals surface area (Å²) in [5.74, 6) is -0.254. The number of nitrogens with zero attached hydrogens (tertiary/aromatic N) is 1. The summed E-state index contributed by atoms with van der Waals surface area (Å²) in [4.78, 5) is 24.0. The number of hydrogen-bond donors (Lipinski definition) is 2.